The predicted molar refractivity (Wildman–Crippen MR) is 108 cm³/mol. The molecule has 0 saturated heterocycles. The lowest BCUT2D eigenvalue weighted by Gasteiger charge is -2.13. The lowest BCUT2D eigenvalue weighted by atomic mass is 10.0. The minimum atomic E-state index is -0.489. The van der Waals surface area contributed by atoms with E-state index in [2.05, 4.69) is 19.2 Å². The van der Waals surface area contributed by atoms with Crippen LogP contribution in [0.1, 0.15) is 35.3 Å². The number of rotatable bonds is 8. The maximum absolute atomic E-state index is 12.1. The van der Waals surface area contributed by atoms with Gasteiger partial charge in [-0.25, -0.2) is 4.79 Å². The molecular formula is C22H28N2O3. The Bertz CT molecular complexity index is 750. The van der Waals surface area contributed by atoms with Crippen molar-refractivity contribution < 1.29 is 14.3 Å². The molecule has 0 fully saturated rings. The summed E-state index contributed by atoms with van der Waals surface area (Å²) in [6.45, 7) is 4.41. The third-order valence-electron chi connectivity index (χ3n) is 4.11. The molecule has 0 saturated carbocycles. The fraction of sp³-hybridized carbons (Fsp3) is 0.364. The van der Waals surface area contributed by atoms with Crippen molar-refractivity contribution >= 4 is 17.6 Å². The highest BCUT2D eigenvalue weighted by Crippen LogP contribution is 2.12. The van der Waals surface area contributed by atoms with Gasteiger partial charge in [-0.15, -0.1) is 0 Å². The first kappa shape index (κ1) is 20.5. The van der Waals surface area contributed by atoms with E-state index >= 15 is 0 Å². The van der Waals surface area contributed by atoms with Crippen molar-refractivity contribution in [2.45, 2.75) is 26.8 Å². The van der Waals surface area contributed by atoms with E-state index in [1.807, 2.05) is 55.4 Å². The largest absolute Gasteiger partial charge is 0.452 e. The van der Waals surface area contributed by atoms with Crippen LogP contribution in [-0.2, 0) is 22.5 Å². The van der Waals surface area contributed by atoms with Gasteiger partial charge in [0.05, 0.1) is 5.56 Å². The van der Waals surface area contributed by atoms with E-state index in [0.29, 0.717) is 18.0 Å². The summed E-state index contributed by atoms with van der Waals surface area (Å²) in [6.07, 6.45) is 0.966. The predicted octanol–water partition coefficient (Wildman–Crippen LogP) is 3.42. The van der Waals surface area contributed by atoms with Crippen LogP contribution in [0, 0.1) is 5.92 Å². The summed E-state index contributed by atoms with van der Waals surface area (Å²) in [5.41, 5.74) is 3.72. The van der Waals surface area contributed by atoms with Gasteiger partial charge in [-0.3, -0.25) is 4.79 Å². The summed E-state index contributed by atoms with van der Waals surface area (Å²) < 4.78 is 5.09. The number of benzene rings is 2. The Balaban J connectivity index is 1.76. The molecule has 0 spiro atoms. The average Bonchev–Trinajstić information content (AvgIpc) is 2.65. The lowest BCUT2D eigenvalue weighted by molar-refractivity contribution is -0.124. The molecule has 1 N–H and O–H groups in total. The second-order valence-corrected chi connectivity index (χ2v) is 7.21. The number of nitrogens with one attached hydrogen (secondary N) is 1. The van der Waals surface area contributed by atoms with Gasteiger partial charge in [-0.05, 0) is 47.7 Å². The molecule has 0 aliphatic heterocycles. The van der Waals surface area contributed by atoms with Crippen molar-refractivity contribution in [2.75, 3.05) is 25.6 Å². The number of hydrogen-bond donors (Lipinski definition) is 1. The van der Waals surface area contributed by atoms with Crippen LogP contribution in [0.5, 0.6) is 0 Å². The van der Waals surface area contributed by atoms with Gasteiger partial charge in [-0.2, -0.15) is 0 Å². The zero-order valence-electron chi connectivity index (χ0n) is 16.5. The SMILES string of the molecule is CC(C)Cc1ccc(C(=O)OCC(=O)NCc2ccc(N(C)C)cc2)cc1. The number of ether oxygens (including phenoxy) is 1. The summed E-state index contributed by atoms with van der Waals surface area (Å²) in [5.74, 6) is -0.251. The van der Waals surface area contributed by atoms with Gasteiger partial charge in [-0.1, -0.05) is 38.1 Å². The third-order valence-corrected chi connectivity index (χ3v) is 4.11. The van der Waals surface area contributed by atoms with E-state index in [1.54, 1.807) is 12.1 Å². The second kappa shape index (κ2) is 9.76. The van der Waals surface area contributed by atoms with Gasteiger partial charge < -0.3 is 15.0 Å². The summed E-state index contributed by atoms with van der Waals surface area (Å²) >= 11 is 0. The van der Waals surface area contributed by atoms with E-state index in [9.17, 15) is 9.59 Å². The highest BCUT2D eigenvalue weighted by atomic mass is 16.5. The Kier molecular flexibility index (Phi) is 7.41. The van der Waals surface area contributed by atoms with Crippen LogP contribution < -0.4 is 10.2 Å². The second-order valence-electron chi connectivity index (χ2n) is 7.21. The molecule has 0 atom stereocenters. The molecule has 0 heterocycles. The van der Waals surface area contributed by atoms with Crippen molar-refractivity contribution in [2.24, 2.45) is 5.92 Å². The zero-order valence-corrected chi connectivity index (χ0v) is 16.5. The number of carbonyl (C=O) groups excluding carboxylic acids is 2. The number of carbonyl (C=O) groups is 2. The van der Waals surface area contributed by atoms with Gasteiger partial charge in [0.15, 0.2) is 6.61 Å². The maximum atomic E-state index is 12.1. The first-order chi connectivity index (χ1) is 12.8. The average molecular weight is 368 g/mol. The summed E-state index contributed by atoms with van der Waals surface area (Å²) in [4.78, 5) is 26.0. The number of anilines is 1. The quantitative estimate of drug-likeness (QED) is 0.726. The molecule has 1 amide bonds. The first-order valence-electron chi connectivity index (χ1n) is 9.14. The third kappa shape index (κ3) is 6.77. The van der Waals surface area contributed by atoms with E-state index in [1.165, 1.54) is 5.56 Å². The van der Waals surface area contributed by atoms with Crippen molar-refractivity contribution in [3.05, 3.63) is 65.2 Å². The molecule has 5 nitrogen and oxygen atoms in total. The molecule has 0 aromatic heterocycles. The highest BCUT2D eigenvalue weighted by molar-refractivity contribution is 5.91. The molecule has 144 valence electrons. The molecule has 5 heteroatoms. The molecule has 0 aliphatic rings. The monoisotopic (exact) mass is 368 g/mol. The molecular weight excluding hydrogens is 340 g/mol. The topological polar surface area (TPSA) is 58.6 Å². The fourth-order valence-electron chi connectivity index (χ4n) is 2.63. The van der Waals surface area contributed by atoms with Crippen LogP contribution >= 0.6 is 0 Å². The molecule has 27 heavy (non-hydrogen) atoms. The van der Waals surface area contributed by atoms with Gasteiger partial charge in [0.1, 0.15) is 0 Å². The van der Waals surface area contributed by atoms with Gasteiger partial charge in [0.2, 0.25) is 0 Å². The Labute approximate surface area is 161 Å². The van der Waals surface area contributed by atoms with Gasteiger partial charge >= 0.3 is 5.97 Å². The minimum absolute atomic E-state index is 0.289. The normalized spacial score (nSPS) is 10.6. The number of amides is 1. The molecule has 0 radical (unpaired) electrons. The molecule has 0 aliphatic carbocycles. The highest BCUT2D eigenvalue weighted by Gasteiger charge is 2.10. The number of esters is 1. The van der Waals surface area contributed by atoms with Crippen LogP contribution in [0.2, 0.25) is 0 Å². The summed E-state index contributed by atoms with van der Waals surface area (Å²) in [5, 5.41) is 2.76. The maximum Gasteiger partial charge on any atom is 0.338 e. The standard InChI is InChI=1S/C22H28N2O3/c1-16(2)13-17-5-9-19(10-6-17)22(26)27-15-21(25)23-14-18-7-11-20(12-8-18)24(3)4/h5-12,16H,13-15H2,1-4H3,(H,23,25). The molecule has 0 bridgehead atoms. The Morgan fingerprint density at radius 1 is 0.963 bits per heavy atom. The Morgan fingerprint density at radius 2 is 1.56 bits per heavy atom. The molecule has 2 aromatic carbocycles. The van der Waals surface area contributed by atoms with Crippen molar-refractivity contribution in [3.63, 3.8) is 0 Å². The van der Waals surface area contributed by atoms with E-state index < -0.39 is 5.97 Å². The fourth-order valence-corrected chi connectivity index (χ4v) is 2.63. The van der Waals surface area contributed by atoms with Crippen LogP contribution in [0.25, 0.3) is 0 Å². The van der Waals surface area contributed by atoms with Gasteiger partial charge in [0.25, 0.3) is 5.91 Å². The summed E-state index contributed by atoms with van der Waals surface area (Å²) in [6, 6.07) is 15.2. The lowest BCUT2D eigenvalue weighted by Crippen LogP contribution is -2.28. The van der Waals surface area contributed by atoms with Crippen LogP contribution in [0.4, 0.5) is 5.69 Å². The minimum Gasteiger partial charge on any atom is -0.452 e. The number of nitrogens with zero attached hydrogens (tertiary/aromatic N) is 1. The smallest absolute Gasteiger partial charge is 0.338 e. The van der Waals surface area contributed by atoms with E-state index in [0.717, 1.165) is 17.7 Å². The van der Waals surface area contributed by atoms with Crippen LogP contribution in [0.15, 0.2) is 48.5 Å². The van der Waals surface area contributed by atoms with E-state index in [4.69, 9.17) is 4.74 Å². The first-order valence-corrected chi connectivity index (χ1v) is 9.14. The van der Waals surface area contributed by atoms with E-state index in [-0.39, 0.29) is 12.5 Å². The molecule has 0 unspecified atom stereocenters. The molecule has 2 rings (SSSR count). The molecule has 2 aromatic rings. The van der Waals surface area contributed by atoms with Crippen molar-refractivity contribution in [3.8, 4) is 0 Å². The Morgan fingerprint density at radius 3 is 2.11 bits per heavy atom. The zero-order chi connectivity index (χ0) is 19.8. The van der Waals surface area contributed by atoms with Crippen LogP contribution in [-0.4, -0.2) is 32.6 Å². The Hall–Kier alpha value is -2.82. The van der Waals surface area contributed by atoms with Crippen LogP contribution in [0.3, 0.4) is 0 Å². The van der Waals surface area contributed by atoms with Crippen molar-refractivity contribution in [1.82, 2.24) is 5.32 Å². The summed E-state index contributed by atoms with van der Waals surface area (Å²) in [7, 11) is 3.95. The number of hydrogen-bond acceptors (Lipinski definition) is 4. The van der Waals surface area contributed by atoms with Crippen molar-refractivity contribution in [1.29, 1.82) is 0 Å². The van der Waals surface area contributed by atoms with Gasteiger partial charge in [0, 0.05) is 26.3 Å².